The Balaban J connectivity index is 2.03. The SMILES string of the molecule is O=C(/C=C/c1ccco1)Nc1cc(C(=O)O)ccn1. The monoisotopic (exact) mass is 258 g/mol. The summed E-state index contributed by atoms with van der Waals surface area (Å²) in [6.45, 7) is 0. The van der Waals surface area contributed by atoms with Gasteiger partial charge >= 0.3 is 5.97 Å². The van der Waals surface area contributed by atoms with Gasteiger partial charge in [0.25, 0.3) is 0 Å². The van der Waals surface area contributed by atoms with Gasteiger partial charge in [0.1, 0.15) is 11.6 Å². The fraction of sp³-hybridized carbons (Fsp3) is 0. The van der Waals surface area contributed by atoms with E-state index < -0.39 is 11.9 Å². The van der Waals surface area contributed by atoms with E-state index in [0.717, 1.165) is 0 Å². The maximum Gasteiger partial charge on any atom is 0.335 e. The summed E-state index contributed by atoms with van der Waals surface area (Å²) >= 11 is 0. The molecule has 2 heterocycles. The van der Waals surface area contributed by atoms with Crippen molar-refractivity contribution in [3.05, 3.63) is 54.1 Å². The van der Waals surface area contributed by atoms with Gasteiger partial charge in [-0.3, -0.25) is 4.79 Å². The summed E-state index contributed by atoms with van der Waals surface area (Å²) in [6.07, 6.45) is 5.58. The zero-order valence-electron chi connectivity index (χ0n) is 9.74. The van der Waals surface area contributed by atoms with Crippen molar-refractivity contribution in [2.75, 3.05) is 5.32 Å². The van der Waals surface area contributed by atoms with E-state index in [-0.39, 0.29) is 11.4 Å². The first-order chi connectivity index (χ1) is 9.15. The fourth-order valence-electron chi connectivity index (χ4n) is 1.34. The standard InChI is InChI=1S/C13H10N2O4/c16-12(4-3-10-2-1-7-19-10)15-11-8-9(13(17)18)5-6-14-11/h1-8H,(H,17,18)(H,14,15,16)/b4-3+. The quantitative estimate of drug-likeness (QED) is 0.818. The second-order valence-corrected chi connectivity index (χ2v) is 3.57. The fourth-order valence-corrected chi connectivity index (χ4v) is 1.34. The van der Waals surface area contributed by atoms with E-state index in [1.165, 1.54) is 36.7 Å². The summed E-state index contributed by atoms with van der Waals surface area (Å²) in [7, 11) is 0. The number of rotatable bonds is 4. The minimum absolute atomic E-state index is 0.0558. The summed E-state index contributed by atoms with van der Waals surface area (Å²) in [5.41, 5.74) is 0.0558. The van der Waals surface area contributed by atoms with Crippen LogP contribution in [0.3, 0.4) is 0 Å². The molecule has 0 saturated heterocycles. The number of hydrogen-bond acceptors (Lipinski definition) is 4. The lowest BCUT2D eigenvalue weighted by Gasteiger charge is -2.01. The normalized spacial score (nSPS) is 10.5. The molecule has 0 aliphatic heterocycles. The lowest BCUT2D eigenvalue weighted by atomic mass is 10.2. The predicted molar refractivity (Wildman–Crippen MR) is 67.6 cm³/mol. The van der Waals surface area contributed by atoms with E-state index in [1.54, 1.807) is 12.1 Å². The molecule has 6 nitrogen and oxygen atoms in total. The molecule has 0 bridgehead atoms. The number of carboxylic acids is 1. The molecule has 0 radical (unpaired) electrons. The van der Waals surface area contributed by atoms with Crippen LogP contribution in [0.15, 0.2) is 47.2 Å². The predicted octanol–water partition coefficient (Wildman–Crippen LogP) is 2.02. The van der Waals surface area contributed by atoms with Crippen molar-refractivity contribution in [2.24, 2.45) is 0 Å². The van der Waals surface area contributed by atoms with Crippen LogP contribution in [0.5, 0.6) is 0 Å². The van der Waals surface area contributed by atoms with Crippen LogP contribution in [-0.4, -0.2) is 22.0 Å². The Hall–Kier alpha value is -2.89. The van der Waals surface area contributed by atoms with Crippen LogP contribution in [0.4, 0.5) is 5.82 Å². The molecule has 2 aromatic heterocycles. The number of carbonyl (C=O) groups excluding carboxylic acids is 1. The van der Waals surface area contributed by atoms with Gasteiger partial charge in [0.15, 0.2) is 0 Å². The third-order valence-corrected chi connectivity index (χ3v) is 2.20. The van der Waals surface area contributed by atoms with E-state index >= 15 is 0 Å². The van der Waals surface area contributed by atoms with Crippen LogP contribution in [0.1, 0.15) is 16.1 Å². The zero-order valence-corrected chi connectivity index (χ0v) is 9.74. The second kappa shape index (κ2) is 5.63. The maximum absolute atomic E-state index is 11.6. The van der Waals surface area contributed by atoms with Crippen LogP contribution >= 0.6 is 0 Å². The van der Waals surface area contributed by atoms with Crippen molar-refractivity contribution in [3.8, 4) is 0 Å². The average molecular weight is 258 g/mol. The van der Waals surface area contributed by atoms with Crippen LogP contribution in [0.2, 0.25) is 0 Å². The largest absolute Gasteiger partial charge is 0.478 e. The Morgan fingerprint density at radius 3 is 2.89 bits per heavy atom. The number of carbonyl (C=O) groups is 2. The molecule has 0 fully saturated rings. The molecule has 2 N–H and O–H groups in total. The van der Waals surface area contributed by atoms with Crippen molar-refractivity contribution in [1.82, 2.24) is 4.98 Å². The van der Waals surface area contributed by atoms with Crippen molar-refractivity contribution in [3.63, 3.8) is 0 Å². The molecule has 0 atom stereocenters. The number of carboxylic acid groups (broad SMARTS) is 1. The van der Waals surface area contributed by atoms with Gasteiger partial charge in [0, 0.05) is 12.3 Å². The molecule has 0 saturated carbocycles. The number of anilines is 1. The smallest absolute Gasteiger partial charge is 0.335 e. The molecule has 19 heavy (non-hydrogen) atoms. The summed E-state index contributed by atoms with van der Waals surface area (Å²) in [6, 6.07) is 6.03. The topological polar surface area (TPSA) is 92.4 Å². The van der Waals surface area contributed by atoms with E-state index in [0.29, 0.717) is 5.76 Å². The van der Waals surface area contributed by atoms with E-state index in [4.69, 9.17) is 9.52 Å². The van der Waals surface area contributed by atoms with Gasteiger partial charge in [-0.2, -0.15) is 0 Å². The highest BCUT2D eigenvalue weighted by Gasteiger charge is 2.05. The molecular weight excluding hydrogens is 248 g/mol. The molecule has 96 valence electrons. The van der Waals surface area contributed by atoms with Gasteiger partial charge in [-0.15, -0.1) is 0 Å². The van der Waals surface area contributed by atoms with E-state index in [9.17, 15) is 9.59 Å². The number of furan rings is 1. The Bertz CT molecular complexity index is 617. The third kappa shape index (κ3) is 3.53. The van der Waals surface area contributed by atoms with Crippen LogP contribution in [-0.2, 0) is 4.79 Å². The first-order valence-electron chi connectivity index (χ1n) is 5.37. The maximum atomic E-state index is 11.6. The van der Waals surface area contributed by atoms with Crippen molar-refractivity contribution in [2.45, 2.75) is 0 Å². The molecule has 0 spiro atoms. The molecule has 2 aromatic rings. The van der Waals surface area contributed by atoms with E-state index in [1.807, 2.05) is 0 Å². The molecule has 0 unspecified atom stereocenters. The molecule has 2 rings (SSSR count). The van der Waals surface area contributed by atoms with Gasteiger partial charge in [0.2, 0.25) is 5.91 Å². The first-order valence-corrected chi connectivity index (χ1v) is 5.37. The molecular formula is C13H10N2O4. The van der Waals surface area contributed by atoms with Gasteiger partial charge in [-0.1, -0.05) is 0 Å². The molecule has 6 heteroatoms. The van der Waals surface area contributed by atoms with Crippen LogP contribution in [0, 0.1) is 0 Å². The minimum atomic E-state index is -1.08. The lowest BCUT2D eigenvalue weighted by molar-refractivity contribution is -0.111. The van der Waals surface area contributed by atoms with Gasteiger partial charge in [-0.05, 0) is 30.3 Å². The second-order valence-electron chi connectivity index (χ2n) is 3.57. The van der Waals surface area contributed by atoms with E-state index in [2.05, 4.69) is 10.3 Å². The molecule has 1 amide bonds. The van der Waals surface area contributed by atoms with Crippen LogP contribution < -0.4 is 5.32 Å². The Labute approximate surface area is 108 Å². The lowest BCUT2D eigenvalue weighted by Crippen LogP contribution is -2.10. The van der Waals surface area contributed by atoms with Crippen molar-refractivity contribution >= 4 is 23.8 Å². The number of nitrogens with zero attached hydrogens (tertiary/aromatic N) is 1. The number of pyridine rings is 1. The van der Waals surface area contributed by atoms with Gasteiger partial charge in [0.05, 0.1) is 11.8 Å². The highest BCUT2D eigenvalue weighted by molar-refractivity contribution is 6.01. The molecule has 0 aromatic carbocycles. The minimum Gasteiger partial charge on any atom is -0.478 e. The number of aromatic nitrogens is 1. The summed E-state index contributed by atoms with van der Waals surface area (Å²) < 4.78 is 5.02. The average Bonchev–Trinajstić information content (AvgIpc) is 2.90. The van der Waals surface area contributed by atoms with Gasteiger partial charge < -0.3 is 14.8 Å². The Morgan fingerprint density at radius 1 is 1.37 bits per heavy atom. The molecule has 0 aliphatic carbocycles. The Morgan fingerprint density at radius 2 is 2.21 bits per heavy atom. The summed E-state index contributed by atoms with van der Waals surface area (Å²) in [5.74, 6) is -0.785. The first kappa shape index (κ1) is 12.6. The number of nitrogens with one attached hydrogen (secondary N) is 1. The third-order valence-electron chi connectivity index (χ3n) is 2.20. The summed E-state index contributed by atoms with van der Waals surface area (Å²) in [5, 5.41) is 11.3. The highest BCUT2D eigenvalue weighted by atomic mass is 16.4. The highest BCUT2D eigenvalue weighted by Crippen LogP contribution is 2.07. The van der Waals surface area contributed by atoms with Crippen LogP contribution in [0.25, 0.3) is 6.08 Å². The summed E-state index contributed by atoms with van der Waals surface area (Å²) in [4.78, 5) is 26.2. The van der Waals surface area contributed by atoms with Gasteiger partial charge in [-0.25, -0.2) is 9.78 Å². The number of aromatic carboxylic acids is 1. The molecule has 0 aliphatic rings. The Kier molecular flexibility index (Phi) is 3.72. The number of amides is 1. The zero-order chi connectivity index (χ0) is 13.7. The number of hydrogen-bond donors (Lipinski definition) is 2. The van der Waals surface area contributed by atoms with Crippen molar-refractivity contribution < 1.29 is 19.1 Å². The van der Waals surface area contributed by atoms with Crippen molar-refractivity contribution in [1.29, 1.82) is 0 Å².